The summed E-state index contributed by atoms with van der Waals surface area (Å²) in [5, 5.41) is 9.08. The second kappa shape index (κ2) is 11.0. The van der Waals surface area contributed by atoms with E-state index in [2.05, 4.69) is 133 Å². The molecule has 10 aromatic rings. The molecule has 0 spiro atoms. The van der Waals surface area contributed by atoms with Gasteiger partial charge in [0.25, 0.3) is 0 Å². The van der Waals surface area contributed by atoms with Crippen LogP contribution in [0.2, 0.25) is 0 Å². The van der Waals surface area contributed by atoms with Gasteiger partial charge in [0.1, 0.15) is 11.2 Å². The van der Waals surface area contributed by atoms with Crippen LogP contribution in [0, 0.1) is 0 Å². The van der Waals surface area contributed by atoms with E-state index in [1.807, 2.05) is 30.3 Å². The minimum absolute atomic E-state index is 0.607. The van der Waals surface area contributed by atoms with E-state index in [0.29, 0.717) is 17.5 Å². The molecule has 0 amide bonds. The van der Waals surface area contributed by atoms with E-state index in [4.69, 9.17) is 19.4 Å². The van der Waals surface area contributed by atoms with Gasteiger partial charge in [0, 0.05) is 33.0 Å². The molecule has 4 nitrogen and oxygen atoms in total. The molecular weight excluding hydrogens is 599 g/mol. The Morgan fingerprint density at radius 2 is 0.837 bits per heavy atom. The number of fused-ring (bicyclic) bond motifs is 6. The summed E-state index contributed by atoms with van der Waals surface area (Å²) < 4.78 is 6.72. The molecule has 2 heterocycles. The van der Waals surface area contributed by atoms with Gasteiger partial charge in [-0.2, -0.15) is 0 Å². The van der Waals surface area contributed by atoms with Crippen molar-refractivity contribution in [1.82, 2.24) is 15.0 Å². The lowest BCUT2D eigenvalue weighted by Crippen LogP contribution is -2.00. The molecular formula is C45H27N3O. The Kier molecular flexibility index (Phi) is 6.15. The maximum Gasteiger partial charge on any atom is 0.164 e. The quantitative estimate of drug-likeness (QED) is 0.195. The van der Waals surface area contributed by atoms with Crippen molar-refractivity contribution in [1.29, 1.82) is 0 Å². The van der Waals surface area contributed by atoms with Gasteiger partial charge in [-0.3, -0.25) is 0 Å². The molecule has 2 aromatic heterocycles. The standard InChI is InChI=1S/C45H27N3O/c1-2-12-30(13-3-1)43-46-44(36-21-19-29-11-5-7-15-32(29)23-36)48-45(47-43)37-25-38(35-20-18-28-10-4-6-14-31(28)22-35)42-40(26-37)39-24-33-16-8-9-17-34(33)27-41(39)49-42/h1-27H. The smallest absolute Gasteiger partial charge is 0.164 e. The number of hydrogen-bond acceptors (Lipinski definition) is 4. The highest BCUT2D eigenvalue weighted by Crippen LogP contribution is 2.41. The van der Waals surface area contributed by atoms with Gasteiger partial charge >= 0.3 is 0 Å². The fraction of sp³-hybridized carbons (Fsp3) is 0. The van der Waals surface area contributed by atoms with Crippen LogP contribution in [0.1, 0.15) is 0 Å². The van der Waals surface area contributed by atoms with E-state index in [-0.39, 0.29) is 0 Å². The normalized spacial score (nSPS) is 11.7. The monoisotopic (exact) mass is 625 g/mol. The molecule has 0 radical (unpaired) electrons. The maximum absolute atomic E-state index is 6.72. The van der Waals surface area contributed by atoms with Crippen molar-refractivity contribution in [2.45, 2.75) is 0 Å². The van der Waals surface area contributed by atoms with Crippen molar-refractivity contribution in [3.8, 4) is 45.3 Å². The Balaban J connectivity index is 1.26. The van der Waals surface area contributed by atoms with Crippen molar-refractivity contribution in [3.63, 3.8) is 0 Å². The number of aromatic nitrogens is 3. The molecule has 228 valence electrons. The Hall–Kier alpha value is -6.65. The van der Waals surface area contributed by atoms with Crippen molar-refractivity contribution < 1.29 is 4.42 Å². The van der Waals surface area contributed by atoms with Crippen molar-refractivity contribution in [3.05, 3.63) is 164 Å². The van der Waals surface area contributed by atoms with Gasteiger partial charge in [0.2, 0.25) is 0 Å². The summed E-state index contributed by atoms with van der Waals surface area (Å²) in [5.41, 5.74) is 6.53. The molecule has 8 aromatic carbocycles. The van der Waals surface area contributed by atoms with E-state index >= 15 is 0 Å². The second-order valence-corrected chi connectivity index (χ2v) is 12.5. The van der Waals surface area contributed by atoms with Crippen molar-refractivity contribution in [2.24, 2.45) is 0 Å². The first-order valence-electron chi connectivity index (χ1n) is 16.4. The number of nitrogens with zero attached hydrogens (tertiary/aromatic N) is 3. The Bertz CT molecular complexity index is 2890. The zero-order valence-corrected chi connectivity index (χ0v) is 26.3. The van der Waals surface area contributed by atoms with Crippen LogP contribution in [0.3, 0.4) is 0 Å². The molecule has 10 rings (SSSR count). The third-order valence-corrected chi connectivity index (χ3v) is 9.43. The SMILES string of the molecule is c1ccc(-c2nc(-c3ccc4ccccc4c3)nc(-c3cc(-c4ccc5ccccc5c4)c4oc5cc6ccccc6cc5c4c3)n2)cc1. The van der Waals surface area contributed by atoms with Crippen LogP contribution in [0.25, 0.3) is 99.5 Å². The molecule has 0 aliphatic heterocycles. The van der Waals surface area contributed by atoms with E-state index < -0.39 is 0 Å². The topological polar surface area (TPSA) is 51.8 Å². The Morgan fingerprint density at radius 1 is 0.327 bits per heavy atom. The lowest BCUT2D eigenvalue weighted by atomic mass is 9.96. The first-order valence-corrected chi connectivity index (χ1v) is 16.4. The molecule has 0 fully saturated rings. The molecule has 0 atom stereocenters. The van der Waals surface area contributed by atoms with Crippen LogP contribution in [0.4, 0.5) is 0 Å². The highest BCUT2D eigenvalue weighted by molar-refractivity contribution is 6.14. The van der Waals surface area contributed by atoms with E-state index in [1.165, 1.54) is 21.5 Å². The van der Waals surface area contributed by atoms with Gasteiger partial charge in [-0.05, 0) is 74.3 Å². The highest BCUT2D eigenvalue weighted by Gasteiger charge is 2.19. The van der Waals surface area contributed by atoms with Gasteiger partial charge in [-0.25, -0.2) is 15.0 Å². The fourth-order valence-electron chi connectivity index (χ4n) is 6.94. The molecule has 0 bridgehead atoms. The minimum atomic E-state index is 0.607. The maximum atomic E-state index is 6.72. The zero-order valence-electron chi connectivity index (χ0n) is 26.3. The molecule has 4 heteroatoms. The molecule has 0 aliphatic carbocycles. The number of rotatable bonds is 4. The number of hydrogen-bond donors (Lipinski definition) is 0. The van der Waals surface area contributed by atoms with Crippen LogP contribution < -0.4 is 0 Å². The third kappa shape index (κ3) is 4.73. The fourth-order valence-corrected chi connectivity index (χ4v) is 6.94. The average molecular weight is 626 g/mol. The predicted octanol–water partition coefficient (Wildman–Crippen LogP) is 11.9. The summed E-state index contributed by atoms with van der Waals surface area (Å²) >= 11 is 0. The lowest BCUT2D eigenvalue weighted by molar-refractivity contribution is 0.670. The first kappa shape index (κ1) is 27.5. The van der Waals surface area contributed by atoms with Gasteiger partial charge in [-0.15, -0.1) is 0 Å². The summed E-state index contributed by atoms with van der Waals surface area (Å²) in [7, 11) is 0. The Labute approximate surface area is 282 Å². The van der Waals surface area contributed by atoms with Crippen LogP contribution in [0.5, 0.6) is 0 Å². The van der Waals surface area contributed by atoms with Crippen LogP contribution in [-0.2, 0) is 0 Å². The Morgan fingerprint density at radius 3 is 1.51 bits per heavy atom. The van der Waals surface area contributed by atoms with Crippen molar-refractivity contribution >= 4 is 54.3 Å². The predicted molar refractivity (Wildman–Crippen MR) is 201 cm³/mol. The van der Waals surface area contributed by atoms with Crippen LogP contribution >= 0.6 is 0 Å². The second-order valence-electron chi connectivity index (χ2n) is 12.5. The third-order valence-electron chi connectivity index (χ3n) is 9.43. The largest absolute Gasteiger partial charge is 0.455 e. The van der Waals surface area contributed by atoms with Crippen LogP contribution in [-0.4, -0.2) is 15.0 Å². The average Bonchev–Trinajstić information content (AvgIpc) is 3.53. The lowest BCUT2D eigenvalue weighted by Gasteiger charge is -2.11. The molecule has 0 saturated carbocycles. The van der Waals surface area contributed by atoms with Gasteiger partial charge in [0.15, 0.2) is 17.5 Å². The summed E-state index contributed by atoms with van der Waals surface area (Å²) in [4.78, 5) is 15.3. The minimum Gasteiger partial charge on any atom is -0.455 e. The van der Waals surface area contributed by atoms with E-state index in [9.17, 15) is 0 Å². The van der Waals surface area contributed by atoms with Gasteiger partial charge < -0.3 is 4.42 Å². The number of benzene rings is 8. The van der Waals surface area contributed by atoms with Crippen LogP contribution in [0.15, 0.2) is 168 Å². The summed E-state index contributed by atoms with van der Waals surface area (Å²) in [6.07, 6.45) is 0. The van der Waals surface area contributed by atoms with Crippen molar-refractivity contribution in [2.75, 3.05) is 0 Å². The molecule has 0 N–H and O–H groups in total. The molecule has 0 saturated heterocycles. The zero-order chi connectivity index (χ0) is 32.3. The summed E-state index contributed by atoms with van der Waals surface area (Å²) in [5.74, 6) is 1.87. The highest BCUT2D eigenvalue weighted by atomic mass is 16.3. The van der Waals surface area contributed by atoms with E-state index in [1.54, 1.807) is 0 Å². The van der Waals surface area contributed by atoms with E-state index in [0.717, 1.165) is 60.5 Å². The van der Waals surface area contributed by atoms with Gasteiger partial charge in [0.05, 0.1) is 0 Å². The summed E-state index contributed by atoms with van der Waals surface area (Å²) in [6, 6.07) is 57.0. The first-order chi connectivity index (χ1) is 24.2. The molecule has 49 heavy (non-hydrogen) atoms. The molecule has 0 unspecified atom stereocenters. The molecule has 0 aliphatic rings. The summed E-state index contributed by atoms with van der Waals surface area (Å²) in [6.45, 7) is 0. The number of furan rings is 1. The van der Waals surface area contributed by atoms with Gasteiger partial charge in [-0.1, -0.05) is 127 Å².